The summed E-state index contributed by atoms with van der Waals surface area (Å²) >= 11 is 0. The Balaban J connectivity index is 1.24. The molecule has 0 radical (unpaired) electrons. The van der Waals surface area contributed by atoms with Gasteiger partial charge in [-0.05, 0) is 104 Å². The first-order valence-corrected chi connectivity index (χ1v) is 18.2. The molecule has 4 aromatic carbocycles. The number of aromatic hydroxyl groups is 8. The molecule has 8 N–H and O–H groups in total. The summed E-state index contributed by atoms with van der Waals surface area (Å²) in [7, 11) is 0. The van der Waals surface area contributed by atoms with E-state index in [0.29, 0.717) is 30.4 Å². The van der Waals surface area contributed by atoms with Crippen LogP contribution in [0, 0.1) is 0 Å². The van der Waals surface area contributed by atoms with Crippen molar-refractivity contribution in [2.45, 2.75) is 103 Å². The maximum Gasteiger partial charge on any atom is 0.170 e. The van der Waals surface area contributed by atoms with E-state index in [1.54, 1.807) is 12.1 Å². The number of benzene rings is 4. The molecule has 4 rings (SSSR count). The number of rotatable bonds is 21. The molecule has 52 heavy (non-hydrogen) atoms. The van der Waals surface area contributed by atoms with Crippen molar-refractivity contribution in [3.63, 3.8) is 0 Å². The van der Waals surface area contributed by atoms with Gasteiger partial charge in [0.15, 0.2) is 34.6 Å². The molecule has 0 bridgehead atoms. The third-order valence-corrected chi connectivity index (χ3v) is 9.48. The molecular weight excluding hydrogens is 664 g/mol. The summed E-state index contributed by atoms with van der Waals surface area (Å²) < 4.78 is 0. The monoisotopic (exact) mass is 714 g/mol. The largest absolute Gasteiger partial charge is 0.507 e. The van der Waals surface area contributed by atoms with Crippen LogP contribution in [0.4, 0.5) is 0 Å². The van der Waals surface area contributed by atoms with E-state index in [1.165, 1.54) is 48.5 Å². The number of aryl methyl sites for hydroxylation is 2. The molecule has 0 saturated heterocycles. The smallest absolute Gasteiger partial charge is 0.170 e. The zero-order valence-electron chi connectivity index (χ0n) is 29.5. The van der Waals surface area contributed by atoms with E-state index in [1.807, 2.05) is 0 Å². The van der Waals surface area contributed by atoms with E-state index in [2.05, 4.69) is 0 Å². The van der Waals surface area contributed by atoms with Gasteiger partial charge in [-0.3, -0.25) is 9.59 Å². The van der Waals surface area contributed by atoms with Crippen LogP contribution in [0.15, 0.2) is 60.7 Å². The average Bonchev–Trinajstić information content (AvgIpc) is 3.10. The number of ketones is 2. The number of carbonyl (C=O) groups excluding carboxylic acids is 2. The Morgan fingerprint density at radius 3 is 1.50 bits per heavy atom. The second-order valence-electron chi connectivity index (χ2n) is 13.4. The lowest BCUT2D eigenvalue weighted by molar-refractivity contribution is 0.0965. The summed E-state index contributed by atoms with van der Waals surface area (Å²) in [6.45, 7) is 0. The molecule has 0 heterocycles. The van der Waals surface area contributed by atoms with E-state index in [-0.39, 0.29) is 87.1 Å². The minimum Gasteiger partial charge on any atom is -0.507 e. The summed E-state index contributed by atoms with van der Waals surface area (Å²) in [4.78, 5) is 25.6. The third-order valence-electron chi connectivity index (χ3n) is 9.48. The van der Waals surface area contributed by atoms with Gasteiger partial charge in [-0.2, -0.15) is 0 Å². The van der Waals surface area contributed by atoms with Gasteiger partial charge in [-0.15, -0.1) is 0 Å². The molecule has 0 amide bonds. The SMILES string of the molecule is O=C(CCCCCCCCc1cc(O)c(O)cc1-c1ccc(O)c(C(=O)CCCCCCCCc2ccc(O)c(O)c2)c1O)c1c(O)cccc1O. The van der Waals surface area contributed by atoms with Crippen LogP contribution < -0.4 is 0 Å². The lowest BCUT2D eigenvalue weighted by atomic mass is 9.91. The molecule has 0 aliphatic heterocycles. The molecule has 0 saturated carbocycles. The van der Waals surface area contributed by atoms with Gasteiger partial charge in [0.05, 0.1) is 0 Å². The van der Waals surface area contributed by atoms with Crippen LogP contribution in [-0.4, -0.2) is 52.4 Å². The molecule has 0 aromatic heterocycles. The summed E-state index contributed by atoms with van der Waals surface area (Å²) in [6.07, 6.45) is 11.7. The molecule has 0 aliphatic carbocycles. The van der Waals surface area contributed by atoms with Crippen LogP contribution in [0.5, 0.6) is 46.0 Å². The van der Waals surface area contributed by atoms with Gasteiger partial charge in [0.25, 0.3) is 0 Å². The number of carbonyl (C=O) groups is 2. The Morgan fingerprint density at radius 2 is 0.885 bits per heavy atom. The lowest BCUT2D eigenvalue weighted by Crippen LogP contribution is -2.02. The van der Waals surface area contributed by atoms with Crippen LogP contribution in [0.1, 0.15) is 122 Å². The van der Waals surface area contributed by atoms with E-state index in [0.717, 1.165) is 76.2 Å². The quantitative estimate of drug-likeness (QED) is 0.0234. The predicted octanol–water partition coefficient (Wildman–Crippen LogP) is 9.31. The number of unbranched alkanes of at least 4 members (excludes halogenated alkanes) is 10. The van der Waals surface area contributed by atoms with Gasteiger partial charge in [0.2, 0.25) is 0 Å². The molecular formula is C42H50O10. The second kappa shape index (κ2) is 19.3. The predicted molar refractivity (Wildman–Crippen MR) is 199 cm³/mol. The fourth-order valence-corrected chi connectivity index (χ4v) is 6.57. The number of phenols is 8. The second-order valence-corrected chi connectivity index (χ2v) is 13.4. The van der Waals surface area contributed by atoms with Gasteiger partial charge < -0.3 is 40.9 Å². The van der Waals surface area contributed by atoms with Gasteiger partial charge in [-0.1, -0.05) is 63.5 Å². The summed E-state index contributed by atoms with van der Waals surface area (Å²) in [5.41, 5.74) is 2.15. The first-order valence-electron chi connectivity index (χ1n) is 18.2. The Hall–Kier alpha value is -5.38. The fourth-order valence-electron chi connectivity index (χ4n) is 6.57. The van der Waals surface area contributed by atoms with Crippen LogP contribution in [-0.2, 0) is 12.8 Å². The summed E-state index contributed by atoms with van der Waals surface area (Å²) in [6, 6.07) is 14.7. The molecule has 0 spiro atoms. The van der Waals surface area contributed by atoms with Gasteiger partial charge in [0, 0.05) is 18.4 Å². The van der Waals surface area contributed by atoms with Crippen molar-refractivity contribution in [3.8, 4) is 57.1 Å². The number of hydrogen-bond donors (Lipinski definition) is 8. The van der Waals surface area contributed by atoms with Crippen molar-refractivity contribution < 1.29 is 50.4 Å². The van der Waals surface area contributed by atoms with Crippen LogP contribution in [0.3, 0.4) is 0 Å². The molecule has 0 unspecified atom stereocenters. The van der Waals surface area contributed by atoms with Crippen LogP contribution >= 0.6 is 0 Å². The van der Waals surface area contributed by atoms with Crippen molar-refractivity contribution >= 4 is 11.6 Å². The topological polar surface area (TPSA) is 196 Å². The van der Waals surface area contributed by atoms with Gasteiger partial charge >= 0.3 is 0 Å². The maximum atomic E-state index is 13.2. The number of phenolic OH excluding ortho intramolecular Hbond substituents is 8. The third kappa shape index (κ3) is 10.8. The Kier molecular flexibility index (Phi) is 14.6. The van der Waals surface area contributed by atoms with Gasteiger partial charge in [0.1, 0.15) is 34.1 Å². The van der Waals surface area contributed by atoms with Crippen LogP contribution in [0.2, 0.25) is 0 Å². The Labute approximate surface area is 304 Å². The minimum absolute atomic E-state index is 0.0442. The molecule has 0 aliphatic rings. The lowest BCUT2D eigenvalue weighted by Gasteiger charge is -2.16. The van der Waals surface area contributed by atoms with Crippen molar-refractivity contribution in [2.24, 2.45) is 0 Å². The van der Waals surface area contributed by atoms with E-state index in [9.17, 15) is 50.4 Å². The van der Waals surface area contributed by atoms with Crippen molar-refractivity contribution in [1.82, 2.24) is 0 Å². The summed E-state index contributed by atoms with van der Waals surface area (Å²) in [5.74, 6) is -2.75. The Morgan fingerprint density at radius 1 is 0.404 bits per heavy atom. The Bertz CT molecular complexity index is 1810. The zero-order valence-corrected chi connectivity index (χ0v) is 29.5. The van der Waals surface area contributed by atoms with Crippen molar-refractivity contribution in [3.05, 3.63) is 82.9 Å². The fraction of sp³-hybridized carbons (Fsp3) is 0.381. The average molecular weight is 715 g/mol. The van der Waals surface area contributed by atoms with Crippen LogP contribution in [0.25, 0.3) is 11.1 Å². The molecule has 278 valence electrons. The highest BCUT2D eigenvalue weighted by molar-refractivity contribution is 6.03. The first kappa shape index (κ1) is 39.4. The van der Waals surface area contributed by atoms with E-state index < -0.39 is 0 Å². The summed E-state index contributed by atoms with van der Waals surface area (Å²) in [5, 5.41) is 81.2. The number of Topliss-reactive ketones (excluding diaryl/α,β-unsaturated/α-hetero) is 2. The number of hydrogen-bond acceptors (Lipinski definition) is 10. The highest BCUT2D eigenvalue weighted by Crippen LogP contribution is 2.43. The van der Waals surface area contributed by atoms with Gasteiger partial charge in [-0.25, -0.2) is 0 Å². The van der Waals surface area contributed by atoms with E-state index >= 15 is 0 Å². The maximum absolute atomic E-state index is 13.2. The van der Waals surface area contributed by atoms with Crippen molar-refractivity contribution in [1.29, 1.82) is 0 Å². The highest BCUT2D eigenvalue weighted by Gasteiger charge is 2.22. The minimum atomic E-state index is -0.382. The van der Waals surface area contributed by atoms with E-state index in [4.69, 9.17) is 0 Å². The highest BCUT2D eigenvalue weighted by atomic mass is 16.3. The molecule has 10 heteroatoms. The molecule has 0 fully saturated rings. The zero-order chi connectivity index (χ0) is 37.6. The molecule has 0 atom stereocenters. The molecule has 4 aromatic rings. The molecule has 10 nitrogen and oxygen atoms in total. The van der Waals surface area contributed by atoms with Crippen molar-refractivity contribution in [2.75, 3.05) is 0 Å². The first-order chi connectivity index (χ1) is 25.0. The standard InChI is InChI=1S/C42H50O10/c43-31-22-20-27(24-37(31)49)14-9-5-1-3-8-12-17-35(47)41-36(48)23-21-29(42(41)52)30-26-39(51)38(50)25-28(30)15-10-6-2-4-7-11-16-32(44)40-33(45)18-13-19-34(40)46/h13,18-26,43,45-46,48-52H,1-12,14-17H2. The normalized spacial score (nSPS) is 11.2.